The molecule has 0 aliphatic carbocycles. The fourth-order valence-corrected chi connectivity index (χ4v) is 5.19. The highest BCUT2D eigenvalue weighted by molar-refractivity contribution is 7.20. The summed E-state index contributed by atoms with van der Waals surface area (Å²) in [5.41, 5.74) is 1.23. The average Bonchev–Trinajstić information content (AvgIpc) is 3.33. The van der Waals surface area contributed by atoms with Gasteiger partial charge in [-0.2, -0.15) is 0 Å². The van der Waals surface area contributed by atoms with Crippen LogP contribution in [0.1, 0.15) is 20.8 Å². The van der Waals surface area contributed by atoms with E-state index in [1.165, 1.54) is 22.7 Å². The zero-order valence-corrected chi connectivity index (χ0v) is 22.4. The Kier molecular flexibility index (Phi) is 6.65. The van der Waals surface area contributed by atoms with E-state index in [1.54, 1.807) is 63.2 Å². The maximum Gasteiger partial charge on any atom is 0.412 e. The number of fused-ring (bicyclic) bond motifs is 2. The molecular formula is C25H19Cl2N3O4S2. The molecule has 0 spiro atoms. The fourth-order valence-electron chi connectivity index (χ4n) is 3.23. The molecule has 1 N–H and O–H groups in total. The van der Waals surface area contributed by atoms with Gasteiger partial charge in [-0.05, 0) is 57.2 Å². The zero-order chi connectivity index (χ0) is 25.4. The Morgan fingerprint density at radius 1 is 0.806 bits per heavy atom. The molecule has 0 aliphatic heterocycles. The van der Waals surface area contributed by atoms with Crippen LogP contribution in [0.4, 0.5) is 10.5 Å². The van der Waals surface area contributed by atoms with Crippen molar-refractivity contribution in [3.8, 4) is 21.9 Å². The van der Waals surface area contributed by atoms with E-state index in [-0.39, 0.29) is 0 Å². The summed E-state index contributed by atoms with van der Waals surface area (Å²) in [5.74, 6) is 0.820. The van der Waals surface area contributed by atoms with Crippen LogP contribution in [0.2, 0.25) is 10.0 Å². The summed E-state index contributed by atoms with van der Waals surface area (Å²) in [6.45, 7) is 5.37. The molecule has 0 saturated carbocycles. The Balaban J connectivity index is 1.46. The van der Waals surface area contributed by atoms with E-state index in [4.69, 9.17) is 37.4 Å². The lowest BCUT2D eigenvalue weighted by molar-refractivity contribution is 0.0636. The van der Waals surface area contributed by atoms with Gasteiger partial charge in [0.25, 0.3) is 10.4 Å². The zero-order valence-electron chi connectivity index (χ0n) is 19.3. The number of carbonyl (C=O) groups is 1. The summed E-state index contributed by atoms with van der Waals surface area (Å²) in [5, 5.41) is 4.75. The van der Waals surface area contributed by atoms with Crippen molar-refractivity contribution in [2.45, 2.75) is 26.4 Å². The number of hydrogen-bond acceptors (Lipinski definition) is 8. The minimum Gasteiger partial charge on any atom is -0.444 e. The first-order chi connectivity index (χ1) is 17.1. The number of carbonyl (C=O) groups excluding carboxylic acids is 1. The second-order valence-electron chi connectivity index (χ2n) is 8.71. The highest BCUT2D eigenvalue weighted by Gasteiger charge is 2.18. The summed E-state index contributed by atoms with van der Waals surface area (Å²) < 4.78 is 19.3. The van der Waals surface area contributed by atoms with Crippen molar-refractivity contribution >= 4 is 78.1 Å². The largest absolute Gasteiger partial charge is 0.444 e. The van der Waals surface area contributed by atoms with Crippen molar-refractivity contribution in [3.63, 3.8) is 0 Å². The van der Waals surface area contributed by atoms with Gasteiger partial charge in [-0.3, -0.25) is 5.32 Å². The minimum atomic E-state index is -0.651. The molecule has 5 rings (SSSR count). The maximum absolute atomic E-state index is 12.4. The average molecular weight is 560 g/mol. The number of thiazole rings is 2. The van der Waals surface area contributed by atoms with Crippen molar-refractivity contribution < 1.29 is 19.0 Å². The lowest BCUT2D eigenvalue weighted by Gasteiger charge is -2.20. The van der Waals surface area contributed by atoms with Gasteiger partial charge < -0.3 is 14.2 Å². The third kappa shape index (κ3) is 5.99. The number of ether oxygens (including phenoxy) is 3. The Morgan fingerprint density at radius 3 is 1.78 bits per heavy atom. The number of rotatable bonds is 5. The molecule has 11 heteroatoms. The molecule has 3 aromatic carbocycles. The standard InChI is InChI=1S/C25H19Cl2N3O4S2/c1-25(2,3)34-22(31)28-15-10-16(32-23-29-18-8-13(26)4-6-20(18)35-23)12-17(11-15)33-24-30-19-9-14(27)5-7-21(19)36-24/h4-12H,1-3H3,(H,28,31). The molecule has 0 fully saturated rings. The number of aromatic nitrogens is 2. The Labute approximate surface area is 224 Å². The minimum absolute atomic E-state index is 0.410. The number of anilines is 1. The topological polar surface area (TPSA) is 82.6 Å². The van der Waals surface area contributed by atoms with E-state index in [1.807, 2.05) is 12.1 Å². The molecular weight excluding hydrogens is 541 g/mol. The Bertz CT molecular complexity index is 1490. The number of amides is 1. The second-order valence-corrected chi connectivity index (χ2v) is 11.6. The molecule has 0 unspecified atom stereocenters. The predicted molar refractivity (Wildman–Crippen MR) is 146 cm³/mol. The van der Waals surface area contributed by atoms with Crippen LogP contribution in [0.3, 0.4) is 0 Å². The van der Waals surface area contributed by atoms with Crippen molar-refractivity contribution in [1.82, 2.24) is 9.97 Å². The highest BCUT2D eigenvalue weighted by atomic mass is 35.5. The van der Waals surface area contributed by atoms with Gasteiger partial charge in [0.05, 0.1) is 26.1 Å². The molecule has 1 amide bonds. The Morgan fingerprint density at radius 2 is 1.31 bits per heavy atom. The highest BCUT2D eigenvalue weighted by Crippen LogP contribution is 2.38. The molecule has 2 aromatic heterocycles. The van der Waals surface area contributed by atoms with E-state index in [9.17, 15) is 4.79 Å². The molecule has 184 valence electrons. The van der Waals surface area contributed by atoms with Crippen molar-refractivity contribution in [3.05, 3.63) is 64.6 Å². The quantitative estimate of drug-likeness (QED) is 0.231. The molecule has 7 nitrogen and oxygen atoms in total. The third-order valence-corrected chi connectivity index (χ3v) is 6.89. The lowest BCUT2D eigenvalue weighted by Crippen LogP contribution is -2.27. The number of nitrogens with one attached hydrogen (secondary N) is 1. The first kappa shape index (κ1) is 24.6. The number of nitrogens with zero attached hydrogens (tertiary/aromatic N) is 2. The van der Waals surface area contributed by atoms with Crippen LogP contribution in [-0.4, -0.2) is 21.7 Å². The van der Waals surface area contributed by atoms with Crippen molar-refractivity contribution in [1.29, 1.82) is 0 Å². The molecule has 0 aliphatic rings. The third-order valence-electron chi connectivity index (χ3n) is 4.60. The SMILES string of the molecule is CC(C)(C)OC(=O)Nc1cc(Oc2nc3cc(Cl)ccc3s2)cc(Oc2nc3cc(Cl)ccc3s2)c1. The predicted octanol–water partition coefficient (Wildman–Crippen LogP) is 9.14. The van der Waals surface area contributed by atoms with Gasteiger partial charge in [0, 0.05) is 28.2 Å². The summed E-state index contributed by atoms with van der Waals surface area (Å²) in [4.78, 5) is 21.4. The molecule has 36 heavy (non-hydrogen) atoms. The monoisotopic (exact) mass is 559 g/mol. The summed E-state index contributed by atoms with van der Waals surface area (Å²) in [7, 11) is 0. The van der Waals surface area contributed by atoms with E-state index >= 15 is 0 Å². The van der Waals surface area contributed by atoms with E-state index < -0.39 is 11.7 Å². The number of benzene rings is 3. The summed E-state index contributed by atoms with van der Waals surface area (Å²) in [6.07, 6.45) is -0.602. The van der Waals surface area contributed by atoms with Crippen LogP contribution in [0, 0.1) is 0 Å². The van der Waals surface area contributed by atoms with Gasteiger partial charge in [-0.15, -0.1) is 0 Å². The van der Waals surface area contributed by atoms with E-state index in [0.717, 1.165) is 20.4 Å². The van der Waals surface area contributed by atoms with Crippen molar-refractivity contribution in [2.24, 2.45) is 0 Å². The van der Waals surface area contributed by atoms with Crippen LogP contribution in [0.15, 0.2) is 54.6 Å². The van der Waals surface area contributed by atoms with Gasteiger partial charge in [0.15, 0.2) is 0 Å². The molecule has 0 saturated heterocycles. The van der Waals surface area contributed by atoms with E-state index in [0.29, 0.717) is 37.6 Å². The summed E-state index contributed by atoms with van der Waals surface area (Å²) in [6, 6.07) is 15.9. The van der Waals surface area contributed by atoms with Crippen molar-refractivity contribution in [2.75, 3.05) is 5.32 Å². The van der Waals surface area contributed by atoms with Gasteiger partial charge in [0.2, 0.25) is 0 Å². The van der Waals surface area contributed by atoms with Gasteiger partial charge >= 0.3 is 6.09 Å². The first-order valence-corrected chi connectivity index (χ1v) is 13.1. The summed E-state index contributed by atoms with van der Waals surface area (Å²) >= 11 is 14.9. The van der Waals surface area contributed by atoms with Crippen LogP contribution in [-0.2, 0) is 4.74 Å². The van der Waals surface area contributed by atoms with Crippen LogP contribution in [0.5, 0.6) is 21.9 Å². The maximum atomic E-state index is 12.4. The fraction of sp³-hybridized carbons (Fsp3) is 0.160. The lowest BCUT2D eigenvalue weighted by atomic mass is 10.2. The van der Waals surface area contributed by atoms with Crippen LogP contribution < -0.4 is 14.8 Å². The molecule has 2 heterocycles. The smallest absolute Gasteiger partial charge is 0.412 e. The van der Waals surface area contributed by atoms with Gasteiger partial charge in [0.1, 0.15) is 17.1 Å². The second kappa shape index (κ2) is 9.74. The van der Waals surface area contributed by atoms with Gasteiger partial charge in [-0.25, -0.2) is 14.8 Å². The normalized spacial score (nSPS) is 11.6. The molecule has 0 radical (unpaired) electrons. The molecule has 5 aromatic rings. The van der Waals surface area contributed by atoms with Crippen LogP contribution >= 0.6 is 45.9 Å². The Hall–Kier alpha value is -3.11. The molecule has 0 atom stereocenters. The number of hydrogen-bond donors (Lipinski definition) is 1. The van der Waals surface area contributed by atoms with E-state index in [2.05, 4.69) is 15.3 Å². The number of halogens is 2. The molecule has 0 bridgehead atoms. The van der Waals surface area contributed by atoms with Crippen LogP contribution in [0.25, 0.3) is 20.4 Å². The van der Waals surface area contributed by atoms with Gasteiger partial charge in [-0.1, -0.05) is 45.9 Å². The first-order valence-electron chi connectivity index (χ1n) is 10.7.